The van der Waals surface area contributed by atoms with Gasteiger partial charge in [0.1, 0.15) is 11.9 Å². The lowest BCUT2D eigenvalue weighted by atomic mass is 10.0. The molecular formula is C25H26F2N4O4. The Hall–Kier alpha value is -3.56. The summed E-state index contributed by atoms with van der Waals surface area (Å²) in [6.07, 6.45) is 3.16. The van der Waals surface area contributed by atoms with Gasteiger partial charge in [0.15, 0.2) is 17.2 Å². The number of ether oxygens (including phenoxy) is 1. The highest BCUT2D eigenvalue weighted by Gasteiger charge is 2.31. The van der Waals surface area contributed by atoms with E-state index in [4.69, 9.17) is 4.74 Å². The molecular weight excluding hydrogens is 458 g/mol. The molecule has 1 aromatic carbocycles. The van der Waals surface area contributed by atoms with Crippen LogP contribution in [0.3, 0.4) is 0 Å². The van der Waals surface area contributed by atoms with Crippen molar-refractivity contribution in [1.29, 1.82) is 0 Å². The standard InChI is InChI=1S/C25H26F2N4O4/c1-2-9-31-22-21(23(32)29-25(31)34)17(13-19(28-22)14-3-4-14)24(33)30-10-7-16(8-11-30)35-20-6-5-15(26)12-18(20)27/h5-6,12-14,16H,2-4,7-11H2,1H3,(H,29,32,34). The number of aromatic amines is 1. The first-order valence-corrected chi connectivity index (χ1v) is 11.9. The number of carbonyl (C=O) groups excluding carboxylic acids is 1. The third-order valence-corrected chi connectivity index (χ3v) is 6.56. The number of amides is 1. The topological polar surface area (TPSA) is 97.3 Å². The minimum absolute atomic E-state index is 0.0224. The van der Waals surface area contributed by atoms with Crippen LogP contribution in [0.25, 0.3) is 11.0 Å². The number of benzene rings is 1. The van der Waals surface area contributed by atoms with Crippen LogP contribution in [0.15, 0.2) is 33.9 Å². The van der Waals surface area contributed by atoms with Crippen molar-refractivity contribution < 1.29 is 18.3 Å². The smallest absolute Gasteiger partial charge is 0.329 e. The molecule has 1 N–H and O–H groups in total. The van der Waals surface area contributed by atoms with Crippen LogP contribution in [-0.2, 0) is 6.54 Å². The number of halogens is 2. The molecule has 0 spiro atoms. The maximum absolute atomic E-state index is 13.9. The summed E-state index contributed by atoms with van der Waals surface area (Å²) in [5, 5.41) is 0.124. The lowest BCUT2D eigenvalue weighted by Gasteiger charge is -2.32. The Morgan fingerprint density at radius 3 is 2.54 bits per heavy atom. The van der Waals surface area contributed by atoms with Crippen LogP contribution in [-0.4, -0.2) is 44.5 Å². The van der Waals surface area contributed by atoms with Gasteiger partial charge in [0, 0.05) is 50.2 Å². The summed E-state index contributed by atoms with van der Waals surface area (Å²) < 4.78 is 34.2. The van der Waals surface area contributed by atoms with E-state index in [1.165, 1.54) is 10.6 Å². The number of H-pyrrole nitrogens is 1. The van der Waals surface area contributed by atoms with Crippen molar-refractivity contribution >= 4 is 16.9 Å². The molecule has 2 fully saturated rings. The van der Waals surface area contributed by atoms with Crippen LogP contribution in [0.5, 0.6) is 5.75 Å². The second kappa shape index (κ2) is 9.24. The van der Waals surface area contributed by atoms with Gasteiger partial charge in [0.2, 0.25) is 0 Å². The molecule has 184 valence electrons. The minimum atomic E-state index is -0.767. The number of aryl methyl sites for hydroxylation is 1. The molecule has 1 amide bonds. The van der Waals surface area contributed by atoms with Crippen molar-refractivity contribution in [3.8, 4) is 5.75 Å². The zero-order valence-electron chi connectivity index (χ0n) is 19.4. The van der Waals surface area contributed by atoms with Crippen LogP contribution in [0.1, 0.15) is 61.0 Å². The van der Waals surface area contributed by atoms with Gasteiger partial charge in [-0.15, -0.1) is 0 Å². The molecule has 35 heavy (non-hydrogen) atoms. The second-order valence-electron chi connectivity index (χ2n) is 9.16. The fourth-order valence-electron chi connectivity index (χ4n) is 4.58. The van der Waals surface area contributed by atoms with Crippen LogP contribution in [0, 0.1) is 11.6 Å². The zero-order chi connectivity index (χ0) is 24.7. The number of hydrogen-bond donors (Lipinski definition) is 1. The number of aromatic nitrogens is 3. The summed E-state index contributed by atoms with van der Waals surface area (Å²) in [5.74, 6) is -1.55. The Labute approximate surface area is 199 Å². The zero-order valence-corrected chi connectivity index (χ0v) is 19.4. The van der Waals surface area contributed by atoms with Crippen LogP contribution >= 0.6 is 0 Å². The Morgan fingerprint density at radius 1 is 1.14 bits per heavy atom. The maximum atomic E-state index is 13.9. The highest BCUT2D eigenvalue weighted by Crippen LogP contribution is 2.40. The van der Waals surface area contributed by atoms with E-state index in [-0.39, 0.29) is 40.3 Å². The SMILES string of the molecule is CCCn1c(=O)[nH]c(=O)c2c(C(=O)N3CCC(Oc4ccc(F)cc4F)CC3)cc(C3CC3)nc21. The predicted octanol–water partition coefficient (Wildman–Crippen LogP) is 3.33. The molecule has 0 atom stereocenters. The number of pyridine rings is 1. The van der Waals surface area contributed by atoms with Gasteiger partial charge >= 0.3 is 5.69 Å². The minimum Gasteiger partial charge on any atom is -0.487 e. The summed E-state index contributed by atoms with van der Waals surface area (Å²) in [6.45, 7) is 3.00. The highest BCUT2D eigenvalue weighted by atomic mass is 19.1. The molecule has 8 nitrogen and oxygen atoms in total. The lowest BCUT2D eigenvalue weighted by molar-refractivity contribution is 0.0589. The van der Waals surface area contributed by atoms with E-state index >= 15 is 0 Å². The van der Waals surface area contributed by atoms with E-state index < -0.39 is 22.9 Å². The molecule has 2 aromatic heterocycles. The average molecular weight is 485 g/mol. The largest absolute Gasteiger partial charge is 0.487 e. The first-order chi connectivity index (χ1) is 16.9. The van der Waals surface area contributed by atoms with Crippen molar-refractivity contribution in [2.75, 3.05) is 13.1 Å². The molecule has 3 aromatic rings. The van der Waals surface area contributed by atoms with E-state index in [1.54, 1.807) is 11.0 Å². The number of nitrogens with zero attached hydrogens (tertiary/aromatic N) is 3. The van der Waals surface area contributed by atoms with Gasteiger partial charge in [0.05, 0.1) is 10.9 Å². The molecule has 1 aliphatic carbocycles. The van der Waals surface area contributed by atoms with Crippen LogP contribution < -0.4 is 16.0 Å². The van der Waals surface area contributed by atoms with Gasteiger partial charge < -0.3 is 9.64 Å². The molecule has 1 saturated heterocycles. The van der Waals surface area contributed by atoms with E-state index in [0.29, 0.717) is 38.9 Å². The van der Waals surface area contributed by atoms with E-state index in [2.05, 4.69) is 9.97 Å². The van der Waals surface area contributed by atoms with Crippen molar-refractivity contribution in [1.82, 2.24) is 19.4 Å². The van der Waals surface area contributed by atoms with Crippen LogP contribution in [0.2, 0.25) is 0 Å². The first-order valence-electron chi connectivity index (χ1n) is 11.9. The molecule has 0 radical (unpaired) electrons. The molecule has 1 saturated carbocycles. The lowest BCUT2D eigenvalue weighted by Crippen LogP contribution is -2.42. The normalized spacial score (nSPS) is 16.6. The number of nitrogens with one attached hydrogen (secondary N) is 1. The number of likely N-dealkylation sites (tertiary alicyclic amines) is 1. The van der Waals surface area contributed by atoms with Gasteiger partial charge in [-0.25, -0.2) is 18.6 Å². The van der Waals surface area contributed by atoms with Crippen molar-refractivity contribution in [2.24, 2.45) is 0 Å². The molecule has 2 aliphatic rings. The molecule has 10 heteroatoms. The summed E-state index contributed by atoms with van der Waals surface area (Å²) in [5.41, 5.74) is 0.0563. The highest BCUT2D eigenvalue weighted by molar-refractivity contribution is 6.05. The first kappa shape index (κ1) is 23.2. The fourth-order valence-corrected chi connectivity index (χ4v) is 4.58. The van der Waals surface area contributed by atoms with Gasteiger partial charge in [-0.05, 0) is 37.5 Å². The predicted molar refractivity (Wildman–Crippen MR) is 125 cm³/mol. The number of piperidine rings is 1. The van der Waals surface area contributed by atoms with Gasteiger partial charge in [0.25, 0.3) is 11.5 Å². The Balaban J connectivity index is 1.42. The quantitative estimate of drug-likeness (QED) is 0.579. The third-order valence-electron chi connectivity index (χ3n) is 6.56. The van der Waals surface area contributed by atoms with Gasteiger partial charge in [-0.3, -0.25) is 19.1 Å². The Bertz CT molecular complexity index is 1410. The average Bonchev–Trinajstić information content (AvgIpc) is 3.68. The summed E-state index contributed by atoms with van der Waals surface area (Å²) in [6, 6.07) is 4.86. The summed E-state index contributed by atoms with van der Waals surface area (Å²) in [7, 11) is 0. The molecule has 5 rings (SSSR count). The van der Waals surface area contributed by atoms with Crippen molar-refractivity contribution in [3.05, 3.63) is 68.0 Å². The third kappa shape index (κ3) is 4.56. The van der Waals surface area contributed by atoms with Crippen molar-refractivity contribution in [3.63, 3.8) is 0 Å². The number of carbonyl (C=O) groups is 1. The second-order valence-corrected chi connectivity index (χ2v) is 9.16. The number of fused-ring (bicyclic) bond motifs is 1. The van der Waals surface area contributed by atoms with E-state index in [0.717, 1.165) is 30.7 Å². The monoisotopic (exact) mass is 484 g/mol. The summed E-state index contributed by atoms with van der Waals surface area (Å²) >= 11 is 0. The number of rotatable bonds is 6. The van der Waals surface area contributed by atoms with Crippen LogP contribution in [0.4, 0.5) is 8.78 Å². The van der Waals surface area contributed by atoms with E-state index in [9.17, 15) is 23.2 Å². The molecule has 1 aliphatic heterocycles. The molecule has 0 unspecified atom stereocenters. The Morgan fingerprint density at radius 2 is 1.89 bits per heavy atom. The van der Waals surface area contributed by atoms with Gasteiger partial charge in [-0.2, -0.15) is 0 Å². The van der Waals surface area contributed by atoms with E-state index in [1.807, 2.05) is 6.92 Å². The van der Waals surface area contributed by atoms with Crippen molar-refractivity contribution in [2.45, 2.75) is 57.6 Å². The van der Waals surface area contributed by atoms with Gasteiger partial charge in [-0.1, -0.05) is 6.92 Å². The summed E-state index contributed by atoms with van der Waals surface area (Å²) in [4.78, 5) is 47.5. The Kier molecular flexibility index (Phi) is 6.12. The maximum Gasteiger partial charge on any atom is 0.329 e. The molecule has 0 bridgehead atoms. The molecule has 3 heterocycles. The fraction of sp³-hybridized carbons (Fsp3) is 0.440. The number of hydrogen-bond acceptors (Lipinski definition) is 5.